The zero-order valence-corrected chi connectivity index (χ0v) is 15.7. The highest BCUT2D eigenvalue weighted by atomic mass is 19.3. The van der Waals surface area contributed by atoms with Crippen molar-refractivity contribution in [2.75, 3.05) is 5.32 Å². The molecule has 0 bridgehead atoms. The van der Waals surface area contributed by atoms with Crippen LogP contribution >= 0.6 is 0 Å². The standard InChI is InChI=1S/C22H18F2N2O3/c1-11-9-15(12(2)26-17-6-4-3-5-13(17)22(27)28)19-16(10-11)18-20(29-19)14(21(23)24)7-8-25-18/h3-10,12,21,26H,1-2H3,(H,27,28)/t12-/m1/s1. The molecule has 7 heteroatoms. The number of carboxylic acid groups (broad SMARTS) is 1. The summed E-state index contributed by atoms with van der Waals surface area (Å²) in [5, 5.41) is 13.3. The Kier molecular flexibility index (Phi) is 4.66. The lowest BCUT2D eigenvalue weighted by Gasteiger charge is -2.18. The number of aromatic nitrogens is 1. The maximum atomic E-state index is 13.4. The average Bonchev–Trinajstić information content (AvgIpc) is 3.05. The zero-order chi connectivity index (χ0) is 20.7. The molecule has 4 aromatic rings. The van der Waals surface area contributed by atoms with Crippen LogP contribution in [0, 0.1) is 6.92 Å². The van der Waals surface area contributed by atoms with Gasteiger partial charge >= 0.3 is 5.97 Å². The van der Waals surface area contributed by atoms with Gasteiger partial charge in [0.1, 0.15) is 11.1 Å². The maximum Gasteiger partial charge on any atom is 0.337 e. The predicted molar refractivity (Wildman–Crippen MR) is 107 cm³/mol. The number of hydrogen-bond donors (Lipinski definition) is 2. The van der Waals surface area contributed by atoms with Crippen LogP contribution in [0.1, 0.15) is 46.4 Å². The number of anilines is 1. The minimum absolute atomic E-state index is 0.0717. The number of furan rings is 1. The minimum atomic E-state index is -2.68. The summed E-state index contributed by atoms with van der Waals surface area (Å²) in [5.74, 6) is -1.04. The molecule has 0 spiro atoms. The van der Waals surface area contributed by atoms with E-state index in [0.717, 1.165) is 11.1 Å². The second kappa shape index (κ2) is 7.16. The van der Waals surface area contributed by atoms with Crippen molar-refractivity contribution in [3.63, 3.8) is 0 Å². The molecule has 0 radical (unpaired) electrons. The molecule has 0 saturated carbocycles. The molecule has 0 aliphatic rings. The van der Waals surface area contributed by atoms with Gasteiger partial charge in [0.05, 0.1) is 17.2 Å². The number of pyridine rings is 1. The van der Waals surface area contributed by atoms with E-state index in [1.54, 1.807) is 18.2 Å². The van der Waals surface area contributed by atoms with E-state index in [-0.39, 0.29) is 22.8 Å². The van der Waals surface area contributed by atoms with E-state index in [4.69, 9.17) is 4.42 Å². The van der Waals surface area contributed by atoms with Crippen LogP contribution < -0.4 is 5.32 Å². The Hall–Kier alpha value is -3.48. The first-order chi connectivity index (χ1) is 13.9. The summed E-state index contributed by atoms with van der Waals surface area (Å²) in [6, 6.07) is 11.3. The van der Waals surface area contributed by atoms with E-state index in [1.807, 2.05) is 26.0 Å². The summed E-state index contributed by atoms with van der Waals surface area (Å²) in [5.41, 5.74) is 2.98. The number of rotatable bonds is 5. The third-order valence-electron chi connectivity index (χ3n) is 4.89. The Bertz CT molecular complexity index is 1230. The van der Waals surface area contributed by atoms with Crippen molar-refractivity contribution < 1.29 is 23.1 Å². The van der Waals surface area contributed by atoms with Crippen molar-refractivity contribution in [3.8, 4) is 0 Å². The molecule has 5 nitrogen and oxygen atoms in total. The number of aromatic carboxylic acids is 1. The number of aryl methyl sites for hydroxylation is 1. The van der Waals surface area contributed by atoms with Crippen LogP contribution in [0.25, 0.3) is 22.1 Å². The fourth-order valence-electron chi connectivity index (χ4n) is 3.56. The maximum absolute atomic E-state index is 13.4. The molecule has 0 aliphatic carbocycles. The molecule has 29 heavy (non-hydrogen) atoms. The Morgan fingerprint density at radius 1 is 1.14 bits per heavy atom. The third kappa shape index (κ3) is 3.29. The van der Waals surface area contributed by atoms with Gasteiger partial charge in [0, 0.05) is 22.8 Å². The molecule has 148 valence electrons. The van der Waals surface area contributed by atoms with Crippen LogP contribution in [0.3, 0.4) is 0 Å². The summed E-state index contributed by atoms with van der Waals surface area (Å²) >= 11 is 0. The van der Waals surface area contributed by atoms with Crippen molar-refractivity contribution in [2.24, 2.45) is 0 Å². The number of hydrogen-bond acceptors (Lipinski definition) is 4. The minimum Gasteiger partial charge on any atom is -0.478 e. The number of benzene rings is 2. The lowest BCUT2D eigenvalue weighted by atomic mass is 10.0. The van der Waals surface area contributed by atoms with E-state index in [2.05, 4.69) is 10.3 Å². The van der Waals surface area contributed by atoms with Gasteiger partial charge in [0.25, 0.3) is 6.43 Å². The van der Waals surface area contributed by atoms with Crippen LogP contribution in [-0.4, -0.2) is 16.1 Å². The molecule has 2 aromatic carbocycles. The molecule has 1 atom stereocenters. The quantitative estimate of drug-likeness (QED) is 0.426. The highest BCUT2D eigenvalue weighted by Gasteiger charge is 2.22. The fourth-order valence-corrected chi connectivity index (χ4v) is 3.56. The Balaban J connectivity index is 1.87. The number of alkyl halides is 2. The molecular formula is C22H18F2N2O3. The first-order valence-electron chi connectivity index (χ1n) is 9.05. The highest BCUT2D eigenvalue weighted by molar-refractivity contribution is 6.05. The van der Waals surface area contributed by atoms with Crippen molar-refractivity contribution in [1.29, 1.82) is 0 Å². The fraction of sp³-hybridized carbons (Fsp3) is 0.182. The zero-order valence-electron chi connectivity index (χ0n) is 15.7. The van der Waals surface area contributed by atoms with Crippen LogP contribution in [0.5, 0.6) is 0 Å². The summed E-state index contributed by atoms with van der Waals surface area (Å²) < 4.78 is 32.7. The van der Waals surface area contributed by atoms with Gasteiger partial charge in [-0.3, -0.25) is 4.98 Å². The molecule has 0 unspecified atom stereocenters. The lowest BCUT2D eigenvalue weighted by Crippen LogP contribution is -2.11. The molecule has 2 aromatic heterocycles. The van der Waals surface area contributed by atoms with E-state index in [0.29, 0.717) is 22.2 Å². The summed E-state index contributed by atoms with van der Waals surface area (Å²) in [6.45, 7) is 3.76. The lowest BCUT2D eigenvalue weighted by molar-refractivity contribution is 0.0698. The number of halogens is 2. The number of para-hydroxylation sites is 1. The number of nitrogens with one attached hydrogen (secondary N) is 1. The molecule has 2 N–H and O–H groups in total. The Morgan fingerprint density at radius 2 is 1.90 bits per heavy atom. The van der Waals surface area contributed by atoms with Gasteiger partial charge in [-0.1, -0.05) is 18.2 Å². The van der Waals surface area contributed by atoms with Crippen LogP contribution in [0.15, 0.2) is 53.1 Å². The van der Waals surface area contributed by atoms with Crippen molar-refractivity contribution in [2.45, 2.75) is 26.3 Å². The summed E-state index contributed by atoms with van der Waals surface area (Å²) in [7, 11) is 0. The van der Waals surface area contributed by atoms with Crippen LogP contribution in [0.4, 0.5) is 14.5 Å². The van der Waals surface area contributed by atoms with Gasteiger partial charge in [-0.15, -0.1) is 0 Å². The van der Waals surface area contributed by atoms with E-state index >= 15 is 0 Å². The van der Waals surface area contributed by atoms with Gasteiger partial charge in [0.2, 0.25) is 0 Å². The van der Waals surface area contributed by atoms with Gasteiger partial charge in [-0.25, -0.2) is 13.6 Å². The number of carbonyl (C=O) groups is 1. The van der Waals surface area contributed by atoms with Gasteiger partial charge in [-0.05, 0) is 43.7 Å². The molecule has 0 fully saturated rings. The van der Waals surface area contributed by atoms with Crippen molar-refractivity contribution in [1.82, 2.24) is 4.98 Å². The van der Waals surface area contributed by atoms with Crippen LogP contribution in [0.2, 0.25) is 0 Å². The highest BCUT2D eigenvalue weighted by Crippen LogP contribution is 2.38. The molecule has 0 saturated heterocycles. The second-order valence-electron chi connectivity index (χ2n) is 6.93. The van der Waals surface area contributed by atoms with E-state index in [1.165, 1.54) is 18.3 Å². The monoisotopic (exact) mass is 396 g/mol. The largest absolute Gasteiger partial charge is 0.478 e. The average molecular weight is 396 g/mol. The summed E-state index contributed by atoms with van der Waals surface area (Å²) in [6.07, 6.45) is -1.32. The third-order valence-corrected chi connectivity index (χ3v) is 4.89. The molecule has 2 heterocycles. The van der Waals surface area contributed by atoms with E-state index < -0.39 is 12.4 Å². The number of nitrogens with zero attached hydrogens (tertiary/aromatic N) is 1. The van der Waals surface area contributed by atoms with Gasteiger partial charge < -0.3 is 14.8 Å². The molecular weight excluding hydrogens is 378 g/mol. The van der Waals surface area contributed by atoms with Gasteiger partial charge in [0.15, 0.2) is 5.58 Å². The molecule has 0 aliphatic heterocycles. The van der Waals surface area contributed by atoms with Crippen molar-refractivity contribution >= 4 is 33.7 Å². The second-order valence-corrected chi connectivity index (χ2v) is 6.93. The normalized spacial score (nSPS) is 12.6. The van der Waals surface area contributed by atoms with E-state index in [9.17, 15) is 18.7 Å². The number of fused-ring (bicyclic) bond motifs is 3. The molecule has 4 rings (SSSR count). The number of carboxylic acids is 1. The topological polar surface area (TPSA) is 75.4 Å². The van der Waals surface area contributed by atoms with Crippen LogP contribution in [-0.2, 0) is 0 Å². The first kappa shape index (κ1) is 18.9. The predicted octanol–water partition coefficient (Wildman–Crippen LogP) is 6.10. The smallest absolute Gasteiger partial charge is 0.337 e. The van der Waals surface area contributed by atoms with Gasteiger partial charge in [-0.2, -0.15) is 0 Å². The molecule has 0 amide bonds. The first-order valence-corrected chi connectivity index (χ1v) is 9.05. The van der Waals surface area contributed by atoms with Crippen molar-refractivity contribution in [3.05, 3.63) is 70.9 Å². The Labute approximate surface area is 165 Å². The summed E-state index contributed by atoms with van der Waals surface area (Å²) in [4.78, 5) is 15.7. The SMILES string of the molecule is Cc1cc([C@@H](C)Nc2ccccc2C(=O)O)c2oc3c(C(F)F)ccnc3c2c1. The Morgan fingerprint density at radius 3 is 2.62 bits per heavy atom.